The Labute approximate surface area is 170 Å². The number of carbonyl (C=O) groups excluding carboxylic acids is 1. The van der Waals surface area contributed by atoms with E-state index < -0.39 is 0 Å². The lowest BCUT2D eigenvalue weighted by Crippen LogP contribution is -2.49. The number of aromatic nitrogens is 2. The Balaban J connectivity index is 1.47. The number of anilines is 2. The highest BCUT2D eigenvalue weighted by Crippen LogP contribution is 2.26. The number of hydrogen-bond acceptors (Lipinski definition) is 5. The monoisotopic (exact) mass is 393 g/mol. The van der Waals surface area contributed by atoms with Crippen molar-refractivity contribution in [1.29, 1.82) is 0 Å². The first kappa shape index (κ1) is 19.3. The summed E-state index contributed by atoms with van der Waals surface area (Å²) in [5, 5.41) is 13.6. The molecule has 7 nitrogen and oxygen atoms in total. The molecule has 1 aromatic carbocycles. The van der Waals surface area contributed by atoms with Crippen LogP contribution in [0.25, 0.3) is 10.9 Å². The molecule has 3 heterocycles. The standard InChI is InChI=1S/C22H27N5O2/c1-15(2)25-19-4-3-7-23-21(19)26-8-10-27(11-9-26)22(29)18-13-24-20-12-16(14-28)5-6-17(18)20/h3-7,12-13,15,24-25,28H,8-11,14H2,1-2H3. The molecule has 1 fully saturated rings. The highest BCUT2D eigenvalue weighted by Gasteiger charge is 2.25. The average molecular weight is 393 g/mol. The molecule has 0 bridgehead atoms. The van der Waals surface area contributed by atoms with E-state index >= 15 is 0 Å². The van der Waals surface area contributed by atoms with Gasteiger partial charge in [0.25, 0.3) is 5.91 Å². The van der Waals surface area contributed by atoms with Gasteiger partial charge in [0.2, 0.25) is 0 Å². The van der Waals surface area contributed by atoms with Gasteiger partial charge in [0.15, 0.2) is 5.82 Å². The molecular weight excluding hydrogens is 366 g/mol. The molecule has 29 heavy (non-hydrogen) atoms. The number of benzene rings is 1. The molecule has 1 amide bonds. The predicted octanol–water partition coefficient (Wildman–Crippen LogP) is 2.84. The molecule has 0 radical (unpaired) electrons. The number of aliphatic hydroxyl groups excluding tert-OH is 1. The van der Waals surface area contributed by atoms with Crippen molar-refractivity contribution in [3.63, 3.8) is 0 Å². The molecule has 0 atom stereocenters. The van der Waals surface area contributed by atoms with Gasteiger partial charge in [-0.1, -0.05) is 12.1 Å². The number of hydrogen-bond donors (Lipinski definition) is 3. The van der Waals surface area contributed by atoms with Crippen LogP contribution in [-0.2, 0) is 6.61 Å². The van der Waals surface area contributed by atoms with E-state index in [1.54, 1.807) is 6.20 Å². The number of fused-ring (bicyclic) bond motifs is 1. The van der Waals surface area contributed by atoms with Crippen LogP contribution in [0.5, 0.6) is 0 Å². The van der Waals surface area contributed by atoms with Crippen molar-refractivity contribution in [3.05, 3.63) is 53.9 Å². The van der Waals surface area contributed by atoms with Gasteiger partial charge in [0, 0.05) is 55.5 Å². The third-order valence-electron chi connectivity index (χ3n) is 5.26. The maximum Gasteiger partial charge on any atom is 0.256 e. The third kappa shape index (κ3) is 3.91. The predicted molar refractivity (Wildman–Crippen MR) is 115 cm³/mol. The second-order valence-corrected chi connectivity index (χ2v) is 7.69. The van der Waals surface area contributed by atoms with Crippen molar-refractivity contribution in [2.24, 2.45) is 0 Å². The minimum atomic E-state index is -0.0125. The SMILES string of the molecule is CC(C)Nc1cccnc1N1CCN(C(=O)c2c[nH]c3cc(CO)ccc23)CC1. The summed E-state index contributed by atoms with van der Waals surface area (Å²) in [7, 11) is 0. The summed E-state index contributed by atoms with van der Waals surface area (Å²) in [6.07, 6.45) is 3.58. The maximum atomic E-state index is 13.1. The summed E-state index contributed by atoms with van der Waals surface area (Å²) in [6.45, 7) is 6.99. The van der Waals surface area contributed by atoms with Crippen LogP contribution in [0.2, 0.25) is 0 Å². The average Bonchev–Trinajstić information content (AvgIpc) is 3.16. The number of aromatic amines is 1. The van der Waals surface area contributed by atoms with Gasteiger partial charge in [-0.2, -0.15) is 0 Å². The second kappa shape index (κ2) is 8.13. The van der Waals surface area contributed by atoms with Gasteiger partial charge in [-0.15, -0.1) is 0 Å². The number of rotatable bonds is 5. The molecule has 0 saturated carbocycles. The highest BCUT2D eigenvalue weighted by molar-refractivity contribution is 6.06. The van der Waals surface area contributed by atoms with E-state index in [1.165, 1.54) is 0 Å². The second-order valence-electron chi connectivity index (χ2n) is 7.69. The molecular formula is C22H27N5O2. The lowest BCUT2D eigenvalue weighted by Gasteiger charge is -2.36. The van der Waals surface area contributed by atoms with E-state index in [4.69, 9.17) is 0 Å². The van der Waals surface area contributed by atoms with Crippen LogP contribution in [-0.4, -0.2) is 58.1 Å². The van der Waals surface area contributed by atoms with E-state index in [9.17, 15) is 9.90 Å². The Morgan fingerprint density at radius 2 is 2.03 bits per heavy atom. The quantitative estimate of drug-likeness (QED) is 0.621. The van der Waals surface area contributed by atoms with Crippen molar-refractivity contribution >= 4 is 28.3 Å². The number of carbonyl (C=O) groups is 1. The Morgan fingerprint density at radius 1 is 1.24 bits per heavy atom. The first-order valence-corrected chi connectivity index (χ1v) is 10.0. The van der Waals surface area contributed by atoms with E-state index in [1.807, 2.05) is 41.4 Å². The van der Waals surface area contributed by atoms with Crippen LogP contribution in [0.1, 0.15) is 29.8 Å². The number of pyridine rings is 1. The van der Waals surface area contributed by atoms with Crippen LogP contribution in [0.4, 0.5) is 11.5 Å². The maximum absolute atomic E-state index is 13.1. The zero-order valence-corrected chi connectivity index (χ0v) is 16.9. The molecule has 0 unspecified atom stereocenters. The molecule has 7 heteroatoms. The van der Waals surface area contributed by atoms with Gasteiger partial charge < -0.3 is 25.2 Å². The molecule has 152 valence electrons. The number of nitrogens with zero attached hydrogens (tertiary/aromatic N) is 3. The van der Waals surface area contributed by atoms with Gasteiger partial charge >= 0.3 is 0 Å². The summed E-state index contributed by atoms with van der Waals surface area (Å²) in [4.78, 5) is 25.0. The highest BCUT2D eigenvalue weighted by atomic mass is 16.3. The number of H-pyrrole nitrogens is 1. The summed E-state index contributed by atoms with van der Waals surface area (Å²) >= 11 is 0. The molecule has 3 N–H and O–H groups in total. The first-order chi connectivity index (χ1) is 14.1. The lowest BCUT2D eigenvalue weighted by atomic mass is 10.1. The topological polar surface area (TPSA) is 84.5 Å². The number of amides is 1. The molecule has 1 aliphatic heterocycles. The summed E-state index contributed by atoms with van der Waals surface area (Å²) in [6, 6.07) is 9.95. The lowest BCUT2D eigenvalue weighted by molar-refractivity contribution is 0.0748. The largest absolute Gasteiger partial charge is 0.392 e. The van der Waals surface area contributed by atoms with Crippen molar-refractivity contribution < 1.29 is 9.90 Å². The Morgan fingerprint density at radius 3 is 2.76 bits per heavy atom. The summed E-state index contributed by atoms with van der Waals surface area (Å²) < 4.78 is 0. The van der Waals surface area contributed by atoms with Crippen molar-refractivity contribution in [2.75, 3.05) is 36.4 Å². The van der Waals surface area contributed by atoms with Gasteiger partial charge in [0.05, 0.1) is 17.9 Å². The van der Waals surface area contributed by atoms with E-state index in [0.29, 0.717) is 24.7 Å². The van der Waals surface area contributed by atoms with E-state index in [-0.39, 0.29) is 12.5 Å². The normalized spacial score (nSPS) is 14.6. The fourth-order valence-corrected chi connectivity index (χ4v) is 3.81. The van der Waals surface area contributed by atoms with Gasteiger partial charge in [-0.05, 0) is 37.6 Å². The molecule has 4 rings (SSSR count). The number of piperazine rings is 1. The van der Waals surface area contributed by atoms with Gasteiger partial charge in [-0.25, -0.2) is 4.98 Å². The van der Waals surface area contributed by atoms with Crippen molar-refractivity contribution in [2.45, 2.75) is 26.5 Å². The van der Waals surface area contributed by atoms with Gasteiger partial charge in [0.1, 0.15) is 0 Å². The first-order valence-electron chi connectivity index (χ1n) is 10.0. The van der Waals surface area contributed by atoms with Crippen molar-refractivity contribution in [1.82, 2.24) is 14.9 Å². The number of nitrogens with one attached hydrogen (secondary N) is 2. The minimum absolute atomic E-state index is 0.0125. The summed E-state index contributed by atoms with van der Waals surface area (Å²) in [5.41, 5.74) is 3.40. The minimum Gasteiger partial charge on any atom is -0.392 e. The van der Waals surface area contributed by atoms with Gasteiger partial charge in [-0.3, -0.25) is 4.79 Å². The Hall–Kier alpha value is -3.06. The fourth-order valence-electron chi connectivity index (χ4n) is 3.81. The zero-order chi connectivity index (χ0) is 20.4. The molecule has 0 aliphatic carbocycles. The van der Waals surface area contributed by atoms with Crippen LogP contribution >= 0.6 is 0 Å². The molecule has 0 spiro atoms. The number of aliphatic hydroxyl groups is 1. The van der Waals surface area contributed by atoms with E-state index in [2.05, 4.69) is 34.0 Å². The third-order valence-corrected chi connectivity index (χ3v) is 5.26. The molecule has 1 saturated heterocycles. The smallest absolute Gasteiger partial charge is 0.256 e. The molecule has 2 aromatic heterocycles. The van der Waals surface area contributed by atoms with Crippen LogP contribution in [0.15, 0.2) is 42.7 Å². The van der Waals surface area contributed by atoms with Crippen LogP contribution in [0, 0.1) is 0 Å². The Bertz CT molecular complexity index is 1010. The summed E-state index contributed by atoms with van der Waals surface area (Å²) in [5.74, 6) is 0.978. The van der Waals surface area contributed by atoms with Crippen LogP contribution < -0.4 is 10.2 Å². The van der Waals surface area contributed by atoms with Crippen molar-refractivity contribution in [3.8, 4) is 0 Å². The van der Waals surface area contributed by atoms with E-state index in [0.717, 1.165) is 41.1 Å². The van der Waals surface area contributed by atoms with Crippen LogP contribution in [0.3, 0.4) is 0 Å². The molecule has 1 aliphatic rings. The molecule has 3 aromatic rings. The fraction of sp³-hybridized carbons (Fsp3) is 0.364. The zero-order valence-electron chi connectivity index (χ0n) is 16.9. The Kier molecular flexibility index (Phi) is 5.40.